The highest BCUT2D eigenvalue weighted by molar-refractivity contribution is 5.43. The predicted molar refractivity (Wildman–Crippen MR) is 51.4 cm³/mol. The second-order valence-electron chi connectivity index (χ2n) is 3.09. The summed E-state index contributed by atoms with van der Waals surface area (Å²) >= 11 is 0. The van der Waals surface area contributed by atoms with Gasteiger partial charge >= 0.3 is 0 Å². The fourth-order valence-corrected chi connectivity index (χ4v) is 1.22. The molecule has 0 aliphatic heterocycles. The van der Waals surface area contributed by atoms with E-state index in [1.807, 2.05) is 0 Å². The van der Waals surface area contributed by atoms with E-state index in [0.717, 1.165) is 17.2 Å². The van der Waals surface area contributed by atoms with E-state index in [1.54, 1.807) is 26.5 Å². The summed E-state index contributed by atoms with van der Waals surface area (Å²) in [5.41, 5.74) is 0.932. The van der Waals surface area contributed by atoms with Crippen LogP contribution < -0.4 is 9.47 Å². The molecule has 13 heavy (non-hydrogen) atoms. The van der Waals surface area contributed by atoms with Crippen LogP contribution in [0.4, 0.5) is 0 Å². The Morgan fingerprint density at radius 2 is 1.92 bits per heavy atom. The lowest BCUT2D eigenvalue weighted by Gasteiger charge is -2.13. The minimum absolute atomic E-state index is 0.338. The highest BCUT2D eigenvalue weighted by Gasteiger charge is 2.13. The molecule has 0 spiro atoms. The molecule has 0 unspecified atom stereocenters. The average Bonchev–Trinajstić information content (AvgIpc) is 2.16. The Morgan fingerprint density at radius 3 is 2.38 bits per heavy atom. The molecule has 0 bridgehead atoms. The smallest absolute Gasteiger partial charge is 0.182 e. The van der Waals surface area contributed by atoms with E-state index >= 15 is 0 Å². The minimum Gasteiger partial charge on any atom is -0.493 e. The van der Waals surface area contributed by atoms with Gasteiger partial charge in [0.25, 0.3) is 0 Å². The maximum Gasteiger partial charge on any atom is 0.182 e. The van der Waals surface area contributed by atoms with E-state index < -0.39 is 0 Å². The molecule has 1 aromatic heterocycles. The number of methoxy groups -OCH3 is 2. The number of ether oxygens (including phenoxy) is 2. The molecule has 0 fully saturated rings. The van der Waals surface area contributed by atoms with Gasteiger partial charge in [-0.15, -0.1) is 0 Å². The summed E-state index contributed by atoms with van der Waals surface area (Å²) in [6.45, 7) is 4.15. The highest BCUT2D eigenvalue weighted by Crippen LogP contribution is 2.32. The van der Waals surface area contributed by atoms with Gasteiger partial charge in [0, 0.05) is 12.3 Å². The first-order valence-electron chi connectivity index (χ1n) is 4.27. The number of hydrogen-bond acceptors (Lipinski definition) is 3. The van der Waals surface area contributed by atoms with Crippen molar-refractivity contribution in [3.05, 3.63) is 18.0 Å². The molecule has 1 aromatic rings. The normalized spacial score (nSPS) is 10.2. The summed E-state index contributed by atoms with van der Waals surface area (Å²) in [5, 5.41) is 0. The Balaban J connectivity index is 3.19. The molecule has 0 aliphatic rings. The minimum atomic E-state index is 0.338. The highest BCUT2D eigenvalue weighted by atomic mass is 16.5. The van der Waals surface area contributed by atoms with Gasteiger partial charge in [-0.1, -0.05) is 13.8 Å². The average molecular weight is 181 g/mol. The molecule has 0 aromatic carbocycles. The molecule has 3 heteroatoms. The first kappa shape index (κ1) is 9.84. The van der Waals surface area contributed by atoms with E-state index in [9.17, 15) is 0 Å². The molecule has 72 valence electrons. The zero-order chi connectivity index (χ0) is 9.84. The Morgan fingerprint density at radius 1 is 1.23 bits per heavy atom. The first-order valence-corrected chi connectivity index (χ1v) is 4.27. The second kappa shape index (κ2) is 4.12. The first-order chi connectivity index (χ1) is 6.20. The van der Waals surface area contributed by atoms with Gasteiger partial charge < -0.3 is 9.47 Å². The van der Waals surface area contributed by atoms with Gasteiger partial charge in [-0.3, -0.25) is 4.98 Å². The third kappa shape index (κ3) is 1.91. The van der Waals surface area contributed by atoms with Crippen molar-refractivity contribution in [2.24, 2.45) is 0 Å². The Labute approximate surface area is 78.7 Å². The largest absolute Gasteiger partial charge is 0.493 e. The monoisotopic (exact) mass is 181 g/mol. The van der Waals surface area contributed by atoms with Gasteiger partial charge in [0.1, 0.15) is 0 Å². The molecular weight excluding hydrogens is 166 g/mol. The summed E-state index contributed by atoms with van der Waals surface area (Å²) in [7, 11) is 3.26. The Hall–Kier alpha value is -1.25. The number of hydrogen-bond donors (Lipinski definition) is 0. The van der Waals surface area contributed by atoms with E-state index in [1.165, 1.54) is 0 Å². The zero-order valence-corrected chi connectivity index (χ0v) is 8.50. The molecule has 0 atom stereocenters. The maximum atomic E-state index is 5.24. The summed E-state index contributed by atoms with van der Waals surface area (Å²) in [4.78, 5) is 4.25. The van der Waals surface area contributed by atoms with Crippen molar-refractivity contribution in [1.82, 2.24) is 4.98 Å². The van der Waals surface area contributed by atoms with Gasteiger partial charge in [-0.25, -0.2) is 0 Å². The Bertz CT molecular complexity index is 284. The van der Waals surface area contributed by atoms with Gasteiger partial charge in [-0.2, -0.15) is 0 Å². The molecule has 0 aliphatic carbocycles. The van der Waals surface area contributed by atoms with Crippen LogP contribution in [0, 0.1) is 0 Å². The van der Waals surface area contributed by atoms with Crippen molar-refractivity contribution >= 4 is 0 Å². The van der Waals surface area contributed by atoms with Crippen molar-refractivity contribution in [2.45, 2.75) is 19.8 Å². The van der Waals surface area contributed by atoms with Crippen LogP contribution in [-0.4, -0.2) is 19.2 Å². The molecule has 3 nitrogen and oxygen atoms in total. The van der Waals surface area contributed by atoms with Crippen molar-refractivity contribution in [3.63, 3.8) is 0 Å². The van der Waals surface area contributed by atoms with Crippen LogP contribution in [-0.2, 0) is 0 Å². The van der Waals surface area contributed by atoms with Crippen molar-refractivity contribution in [2.75, 3.05) is 14.2 Å². The van der Waals surface area contributed by atoms with Crippen molar-refractivity contribution < 1.29 is 9.47 Å². The fraction of sp³-hybridized carbons (Fsp3) is 0.500. The molecule has 0 saturated heterocycles. The van der Waals surface area contributed by atoms with E-state index in [0.29, 0.717) is 5.92 Å². The summed E-state index contributed by atoms with van der Waals surface area (Å²) in [6, 6.07) is 1.80. The lowest BCUT2D eigenvalue weighted by atomic mass is 10.1. The van der Waals surface area contributed by atoms with Gasteiger partial charge in [0.05, 0.1) is 19.9 Å². The summed E-state index contributed by atoms with van der Waals surface area (Å²) in [6.07, 6.45) is 1.73. The quantitative estimate of drug-likeness (QED) is 0.716. The molecule has 1 heterocycles. The van der Waals surface area contributed by atoms with Crippen LogP contribution in [0.3, 0.4) is 0 Å². The molecule has 0 amide bonds. The third-order valence-electron chi connectivity index (χ3n) is 1.87. The number of pyridine rings is 1. The van der Waals surface area contributed by atoms with Crippen molar-refractivity contribution in [1.29, 1.82) is 0 Å². The number of rotatable bonds is 3. The maximum absolute atomic E-state index is 5.24. The summed E-state index contributed by atoms with van der Waals surface area (Å²) in [5.74, 6) is 1.81. The third-order valence-corrected chi connectivity index (χ3v) is 1.87. The zero-order valence-electron chi connectivity index (χ0n) is 8.50. The summed E-state index contributed by atoms with van der Waals surface area (Å²) < 4.78 is 10.4. The second-order valence-corrected chi connectivity index (χ2v) is 3.09. The van der Waals surface area contributed by atoms with Crippen LogP contribution in [0.2, 0.25) is 0 Å². The number of nitrogens with zero attached hydrogens (tertiary/aromatic N) is 1. The van der Waals surface area contributed by atoms with Crippen LogP contribution >= 0.6 is 0 Å². The lowest BCUT2D eigenvalue weighted by molar-refractivity contribution is 0.348. The predicted octanol–water partition coefficient (Wildman–Crippen LogP) is 2.22. The van der Waals surface area contributed by atoms with Gasteiger partial charge in [0.2, 0.25) is 0 Å². The standard InChI is InChI=1S/C10H15NO2/c1-7(2)9-10(13-4)8(12-3)5-6-11-9/h5-7H,1-4H3. The van der Waals surface area contributed by atoms with Crippen LogP contribution in [0.25, 0.3) is 0 Å². The fourth-order valence-electron chi connectivity index (χ4n) is 1.22. The van der Waals surface area contributed by atoms with Gasteiger partial charge in [-0.05, 0) is 5.92 Å². The topological polar surface area (TPSA) is 31.4 Å². The van der Waals surface area contributed by atoms with Crippen molar-refractivity contribution in [3.8, 4) is 11.5 Å². The Kier molecular flexibility index (Phi) is 3.12. The molecule has 0 saturated carbocycles. The van der Waals surface area contributed by atoms with Gasteiger partial charge in [0.15, 0.2) is 11.5 Å². The number of aromatic nitrogens is 1. The lowest BCUT2D eigenvalue weighted by Crippen LogP contribution is -1.99. The van der Waals surface area contributed by atoms with E-state index in [4.69, 9.17) is 9.47 Å². The molecule has 0 radical (unpaired) electrons. The van der Waals surface area contributed by atoms with Crippen LogP contribution in [0.1, 0.15) is 25.5 Å². The molecular formula is C10H15NO2. The van der Waals surface area contributed by atoms with Crippen LogP contribution in [0.15, 0.2) is 12.3 Å². The van der Waals surface area contributed by atoms with E-state index in [-0.39, 0.29) is 0 Å². The van der Waals surface area contributed by atoms with E-state index in [2.05, 4.69) is 18.8 Å². The molecule has 0 N–H and O–H groups in total. The molecule has 1 rings (SSSR count). The SMILES string of the molecule is COc1ccnc(C(C)C)c1OC. The van der Waals surface area contributed by atoms with Crippen LogP contribution in [0.5, 0.6) is 11.5 Å².